The zero-order valence-electron chi connectivity index (χ0n) is 27.3. The third kappa shape index (κ3) is 4.89. The molecule has 0 N–H and O–H groups in total. The first kappa shape index (κ1) is 28.8. The molecule has 2 heterocycles. The first-order chi connectivity index (χ1) is 25.2. The van der Waals surface area contributed by atoms with E-state index < -0.39 is 0 Å². The summed E-state index contributed by atoms with van der Waals surface area (Å²) in [5.41, 5.74) is 6.46. The van der Waals surface area contributed by atoms with Gasteiger partial charge in [-0.25, -0.2) is 15.0 Å². The van der Waals surface area contributed by atoms with Crippen molar-refractivity contribution in [3.63, 3.8) is 0 Å². The predicted octanol–water partition coefficient (Wildman–Crippen LogP) is 11.3. The maximum absolute atomic E-state index is 9.87. The van der Waals surface area contributed by atoms with Crippen molar-refractivity contribution in [1.29, 1.82) is 5.26 Å². The minimum atomic E-state index is 0.585. The van der Waals surface area contributed by atoms with Gasteiger partial charge in [0.15, 0.2) is 17.5 Å². The largest absolute Gasteiger partial charge is 0.309 e. The number of hydrogen-bond acceptors (Lipinski definition) is 4. The Labute approximate surface area is 293 Å². The summed E-state index contributed by atoms with van der Waals surface area (Å²) in [4.78, 5) is 15.3. The molecule has 10 rings (SSSR count). The van der Waals surface area contributed by atoms with Gasteiger partial charge in [-0.1, -0.05) is 103 Å². The predicted molar refractivity (Wildman–Crippen MR) is 208 cm³/mol. The minimum Gasteiger partial charge on any atom is -0.309 e. The van der Waals surface area contributed by atoms with Gasteiger partial charge in [-0.2, -0.15) is 5.26 Å². The number of benzene rings is 8. The van der Waals surface area contributed by atoms with Crippen LogP contribution in [0.1, 0.15) is 5.56 Å². The van der Waals surface area contributed by atoms with Crippen LogP contribution in [0.25, 0.3) is 94.0 Å². The fraction of sp³-hybridized carbons (Fsp3) is 0. The maximum atomic E-state index is 9.87. The summed E-state index contributed by atoms with van der Waals surface area (Å²) in [5, 5.41) is 18.8. The Morgan fingerprint density at radius 3 is 1.37 bits per heavy atom. The molecule has 0 radical (unpaired) electrons. The van der Waals surface area contributed by atoms with Crippen LogP contribution in [0.4, 0.5) is 0 Å². The molecule has 8 aromatic carbocycles. The van der Waals surface area contributed by atoms with Crippen molar-refractivity contribution in [3.05, 3.63) is 169 Å². The summed E-state index contributed by atoms with van der Waals surface area (Å²) in [6, 6.07) is 58.9. The topological polar surface area (TPSA) is 67.4 Å². The van der Waals surface area contributed by atoms with Crippen molar-refractivity contribution in [2.45, 2.75) is 0 Å². The molecular formula is C46H27N5. The normalized spacial score (nSPS) is 11.5. The lowest BCUT2D eigenvalue weighted by molar-refractivity contribution is 1.08. The van der Waals surface area contributed by atoms with Crippen LogP contribution < -0.4 is 0 Å². The zero-order valence-corrected chi connectivity index (χ0v) is 27.3. The van der Waals surface area contributed by atoms with E-state index in [1.165, 1.54) is 10.8 Å². The molecule has 2 aromatic heterocycles. The van der Waals surface area contributed by atoms with E-state index in [1.807, 2.05) is 42.5 Å². The van der Waals surface area contributed by atoms with Crippen LogP contribution >= 0.6 is 0 Å². The third-order valence-electron chi connectivity index (χ3n) is 9.79. The second kappa shape index (κ2) is 11.5. The molecular weight excluding hydrogens is 623 g/mol. The highest BCUT2D eigenvalue weighted by molar-refractivity contribution is 6.11. The van der Waals surface area contributed by atoms with Gasteiger partial charge < -0.3 is 4.57 Å². The summed E-state index contributed by atoms with van der Waals surface area (Å²) in [6.45, 7) is 0. The molecule has 0 amide bonds. The Hall–Kier alpha value is -7.16. The second-order valence-corrected chi connectivity index (χ2v) is 12.9. The molecule has 0 atom stereocenters. The van der Waals surface area contributed by atoms with Crippen LogP contribution in [0.5, 0.6) is 0 Å². The third-order valence-corrected chi connectivity index (χ3v) is 9.79. The van der Waals surface area contributed by atoms with Crippen molar-refractivity contribution < 1.29 is 0 Å². The van der Waals surface area contributed by atoms with Crippen LogP contribution in [0, 0.1) is 11.3 Å². The number of hydrogen-bond donors (Lipinski definition) is 0. The number of rotatable bonds is 4. The summed E-state index contributed by atoms with van der Waals surface area (Å²) in [5.74, 6) is 1.81. The minimum absolute atomic E-state index is 0.585. The Bertz CT molecular complexity index is 2960. The molecule has 0 aliphatic heterocycles. The Morgan fingerprint density at radius 1 is 0.392 bits per heavy atom. The molecule has 0 bridgehead atoms. The summed E-state index contributed by atoms with van der Waals surface area (Å²) in [7, 11) is 0. The zero-order chi connectivity index (χ0) is 33.9. The quantitative estimate of drug-likeness (QED) is 0.190. The highest BCUT2D eigenvalue weighted by Gasteiger charge is 2.18. The van der Waals surface area contributed by atoms with Crippen molar-refractivity contribution in [2.24, 2.45) is 0 Å². The van der Waals surface area contributed by atoms with E-state index in [-0.39, 0.29) is 0 Å². The van der Waals surface area contributed by atoms with Crippen molar-refractivity contribution in [1.82, 2.24) is 19.5 Å². The maximum Gasteiger partial charge on any atom is 0.164 e. The number of aromatic nitrogens is 4. The lowest BCUT2D eigenvalue weighted by Crippen LogP contribution is -2.00. The number of fused-ring (bicyclic) bond motifs is 6. The Balaban J connectivity index is 1.20. The molecule has 0 aliphatic rings. The van der Waals surface area contributed by atoms with Gasteiger partial charge in [0, 0.05) is 33.2 Å². The molecule has 236 valence electrons. The molecule has 51 heavy (non-hydrogen) atoms. The van der Waals surface area contributed by atoms with Crippen LogP contribution in [-0.4, -0.2) is 19.5 Å². The van der Waals surface area contributed by atoms with Gasteiger partial charge in [-0.05, 0) is 93.0 Å². The lowest BCUT2D eigenvalue weighted by atomic mass is 10.0. The van der Waals surface area contributed by atoms with Crippen molar-refractivity contribution in [2.75, 3.05) is 0 Å². The average molecular weight is 650 g/mol. The number of nitrogens with zero attached hydrogens (tertiary/aromatic N) is 5. The first-order valence-corrected chi connectivity index (χ1v) is 16.9. The molecule has 5 heteroatoms. The molecule has 0 saturated carbocycles. The van der Waals surface area contributed by atoms with Crippen LogP contribution in [0.3, 0.4) is 0 Å². The van der Waals surface area contributed by atoms with Crippen LogP contribution in [0.2, 0.25) is 0 Å². The van der Waals surface area contributed by atoms with Gasteiger partial charge in [-0.15, -0.1) is 0 Å². The SMILES string of the molecule is N#Cc1ccc2c(c1)c1cc(-c3nc(-c4ccc5ccccc5c4)nc(-c4ccc5ccccc5c4)n3)ccc1n2-c1ccc2ccccc2c1. The summed E-state index contributed by atoms with van der Waals surface area (Å²) >= 11 is 0. The smallest absolute Gasteiger partial charge is 0.164 e. The van der Waals surface area contributed by atoms with Crippen molar-refractivity contribution in [3.8, 4) is 45.9 Å². The molecule has 5 nitrogen and oxygen atoms in total. The van der Waals surface area contributed by atoms with Gasteiger partial charge in [-0.3, -0.25) is 0 Å². The standard InChI is InChI=1S/C46H27N5/c47-28-29-13-21-42-40(23-29)41-27-38(19-22-43(41)51(42)39-20-18-32-9-3-6-12-35(32)26-39)46-49-44(36-16-14-30-7-1-4-10-33(30)24-36)48-45(50-46)37-17-15-31-8-2-5-11-34(31)25-37/h1-27H. The molecule has 0 saturated heterocycles. The van der Waals surface area contributed by atoms with Gasteiger partial charge in [0.25, 0.3) is 0 Å². The second-order valence-electron chi connectivity index (χ2n) is 12.9. The van der Waals surface area contributed by atoms with E-state index in [0.717, 1.165) is 65.7 Å². The lowest BCUT2D eigenvalue weighted by Gasteiger charge is -2.11. The van der Waals surface area contributed by atoms with Crippen LogP contribution in [-0.2, 0) is 0 Å². The van der Waals surface area contributed by atoms with E-state index in [1.54, 1.807) is 0 Å². The van der Waals surface area contributed by atoms with E-state index >= 15 is 0 Å². The molecule has 0 spiro atoms. The van der Waals surface area contributed by atoms with Gasteiger partial charge in [0.05, 0.1) is 22.7 Å². The van der Waals surface area contributed by atoms with Crippen molar-refractivity contribution >= 4 is 54.1 Å². The Kier molecular flexibility index (Phi) is 6.48. The monoisotopic (exact) mass is 649 g/mol. The number of nitriles is 1. The fourth-order valence-electron chi connectivity index (χ4n) is 7.25. The molecule has 10 aromatic rings. The van der Waals surface area contributed by atoms with E-state index in [2.05, 4.69) is 132 Å². The molecule has 0 fully saturated rings. The molecule has 0 unspecified atom stereocenters. The first-order valence-electron chi connectivity index (χ1n) is 16.9. The highest BCUT2D eigenvalue weighted by Crippen LogP contribution is 2.36. The summed E-state index contributed by atoms with van der Waals surface area (Å²) < 4.78 is 2.27. The van der Waals surface area contributed by atoms with Crippen LogP contribution in [0.15, 0.2) is 164 Å². The van der Waals surface area contributed by atoms with Gasteiger partial charge >= 0.3 is 0 Å². The van der Waals surface area contributed by atoms with E-state index in [4.69, 9.17) is 15.0 Å². The summed E-state index contributed by atoms with van der Waals surface area (Å²) in [6.07, 6.45) is 0. The highest BCUT2D eigenvalue weighted by atomic mass is 15.0. The van der Waals surface area contributed by atoms with Gasteiger partial charge in [0.1, 0.15) is 0 Å². The molecule has 0 aliphatic carbocycles. The van der Waals surface area contributed by atoms with E-state index in [0.29, 0.717) is 23.0 Å². The Morgan fingerprint density at radius 2 is 0.824 bits per heavy atom. The van der Waals surface area contributed by atoms with Gasteiger partial charge in [0.2, 0.25) is 0 Å². The fourth-order valence-corrected chi connectivity index (χ4v) is 7.25. The average Bonchev–Trinajstić information content (AvgIpc) is 3.53. The van der Waals surface area contributed by atoms with E-state index in [9.17, 15) is 5.26 Å².